The van der Waals surface area contributed by atoms with Crippen molar-refractivity contribution in [2.24, 2.45) is 0 Å². The van der Waals surface area contributed by atoms with Gasteiger partial charge in [0, 0.05) is 58.6 Å². The van der Waals surface area contributed by atoms with Crippen molar-refractivity contribution in [2.45, 2.75) is 109 Å². The first-order valence-electron chi connectivity index (χ1n) is 37.0. The molecule has 2 N–H and O–H groups in total. The summed E-state index contributed by atoms with van der Waals surface area (Å²) in [5.74, 6) is 3.77. The number of rotatable bonds is 28. The van der Waals surface area contributed by atoms with E-state index in [2.05, 4.69) is 44.7 Å². The molecule has 120 heavy (non-hydrogen) atoms. The number of benzene rings is 8. The summed E-state index contributed by atoms with van der Waals surface area (Å²) in [5.41, 5.74) is 3.17. The van der Waals surface area contributed by atoms with Crippen molar-refractivity contribution in [3.8, 4) is 34.5 Å². The van der Waals surface area contributed by atoms with Gasteiger partial charge in [0.15, 0.2) is 23.0 Å². The molecule has 18 nitrogen and oxygen atoms in total. The molecule has 660 valence electrons. The highest BCUT2D eigenvalue weighted by Gasteiger charge is 2.50. The van der Waals surface area contributed by atoms with E-state index in [-0.39, 0.29) is 136 Å². The number of hydrogen-bond donors (Lipinski definition) is 2. The van der Waals surface area contributed by atoms with Crippen LogP contribution in [0.15, 0.2) is 158 Å². The summed E-state index contributed by atoms with van der Waals surface area (Å²) in [6.45, 7) is 4.44. The van der Waals surface area contributed by atoms with Crippen LogP contribution in [0.4, 0.5) is 47.3 Å². The Morgan fingerprint density at radius 2 is 0.775 bits per heavy atom. The van der Waals surface area contributed by atoms with Crippen molar-refractivity contribution in [1.82, 2.24) is 19.6 Å². The van der Waals surface area contributed by atoms with Crippen LogP contribution in [-0.4, -0.2) is 149 Å². The van der Waals surface area contributed by atoms with E-state index in [1.165, 1.54) is 87.9 Å². The monoisotopic (exact) mass is 1900 g/mol. The van der Waals surface area contributed by atoms with Gasteiger partial charge in [-0.1, -0.05) is 119 Å². The number of methoxy groups -OCH3 is 6. The highest BCUT2D eigenvalue weighted by molar-refractivity contribution is 7.85. The van der Waals surface area contributed by atoms with Crippen molar-refractivity contribution in [3.05, 3.63) is 233 Å². The Kier molecular flexibility index (Phi) is 39.8. The molecule has 2 spiro atoms. The van der Waals surface area contributed by atoms with Gasteiger partial charge in [-0.15, -0.1) is 24.8 Å². The molecule has 0 aliphatic carbocycles. The number of likely N-dealkylation sites (tertiary alicyclic amines) is 2. The Morgan fingerprint density at radius 1 is 0.442 bits per heavy atom. The van der Waals surface area contributed by atoms with E-state index in [9.17, 15) is 44.3 Å². The van der Waals surface area contributed by atoms with E-state index >= 15 is 0 Å². The third-order valence-electron chi connectivity index (χ3n) is 22.3. The number of likely N-dealkylation sites (N-methyl/N-ethyl adjacent to an activating group) is 2. The third kappa shape index (κ3) is 23.5. The van der Waals surface area contributed by atoms with Crippen LogP contribution in [0.5, 0.6) is 34.5 Å². The lowest BCUT2D eigenvalue weighted by Gasteiger charge is -2.43. The third-order valence-corrected chi connectivity index (χ3v) is 27.9. The van der Waals surface area contributed by atoms with Gasteiger partial charge in [-0.2, -0.15) is 80.3 Å². The van der Waals surface area contributed by atoms with E-state index in [4.69, 9.17) is 84.3 Å². The van der Waals surface area contributed by atoms with Crippen LogP contribution < -0.4 is 39.1 Å². The second-order valence-electron chi connectivity index (χ2n) is 28.7. The zero-order chi connectivity index (χ0) is 81.9. The van der Waals surface area contributed by atoms with Crippen molar-refractivity contribution >= 4 is 170 Å². The topological polar surface area (TPSA) is 179 Å². The summed E-state index contributed by atoms with van der Waals surface area (Å²) in [7, 11) is 10.3. The molecule has 36 heteroatoms. The Labute approximate surface area is 762 Å². The van der Waals surface area contributed by atoms with Gasteiger partial charge in [0.25, 0.3) is 0 Å². The minimum Gasteiger partial charge on any atom is -0.493 e. The van der Waals surface area contributed by atoms with Crippen LogP contribution in [0.1, 0.15) is 107 Å². The first-order valence-corrected chi connectivity index (χ1v) is 41.1. The fourth-order valence-corrected chi connectivity index (χ4v) is 20.4. The van der Waals surface area contributed by atoms with Gasteiger partial charge in [-0.25, -0.2) is 9.59 Å². The minimum atomic E-state index is -4.60. The number of alkyl halides is 6. The van der Waals surface area contributed by atoms with Crippen LogP contribution in [-0.2, 0) is 88.7 Å². The van der Waals surface area contributed by atoms with E-state index in [1.807, 2.05) is 24.3 Å². The lowest BCUT2D eigenvalue weighted by Crippen LogP contribution is -2.52. The first kappa shape index (κ1) is 105. The van der Waals surface area contributed by atoms with Gasteiger partial charge < -0.3 is 68.1 Å². The predicted octanol–water partition coefficient (Wildman–Crippen LogP) is 20.6. The van der Waals surface area contributed by atoms with Crippen LogP contribution in [0.2, 0.25) is 20.1 Å². The average Bonchev–Trinajstić information content (AvgIpc) is 1.59. The lowest BCUT2D eigenvalue weighted by molar-refractivity contribution is -0.138. The predicted molar refractivity (Wildman–Crippen MR) is 490 cm³/mol. The number of piperidine rings is 2. The maximum atomic E-state index is 14.2. The zero-order valence-electron chi connectivity index (χ0n) is 67.3. The summed E-state index contributed by atoms with van der Waals surface area (Å²) in [6.07, 6.45) is -4.16. The summed E-state index contributed by atoms with van der Waals surface area (Å²) in [4.78, 5) is 36.0. The average molecular weight is 1910 g/mol. The Bertz CT molecular complexity index is 4470. The van der Waals surface area contributed by atoms with Crippen molar-refractivity contribution in [3.63, 3.8) is 0 Å². The largest absolute Gasteiger partial charge is 0.493 e. The second kappa shape index (κ2) is 45.7. The molecule has 8 aromatic rings. The molecular formula is C84H102Cl6F6N6O12S6. The van der Waals surface area contributed by atoms with E-state index in [0.717, 1.165) is 87.3 Å². The highest BCUT2D eigenvalue weighted by Crippen LogP contribution is 2.50. The maximum absolute atomic E-state index is 14.2. The standard InChI is InChI=1S/2C42H46Cl2F3N3O6S.2ClH.4H2S/c2*1-49(39(51)48-32-11-7-10-31(23-32)42(45,46)47)40(30-13-14-34(43)35(44)24-30,27-56-25-28-21-36(53-2)38(55-4)37(22-28)54-3)15-8-18-50-19-16-41(17-20-50)33-12-6-5-9-29(33)26-57(41)52;;;;;;/h2*5-7,9-14,21-24H,8,15-20,25-27H2,1-4H3,(H,48,51);2*1H;4*1H2/t2*40-,57?;;;;;;/m11....../s1. The molecule has 4 amide bonds. The highest BCUT2D eigenvalue weighted by atomic mass is 35.5. The van der Waals surface area contributed by atoms with Crippen LogP contribution in [0.25, 0.3) is 0 Å². The van der Waals surface area contributed by atoms with Crippen molar-refractivity contribution in [2.75, 3.05) is 120 Å². The molecule has 0 saturated carbocycles. The van der Waals surface area contributed by atoms with E-state index in [0.29, 0.717) is 117 Å². The van der Waals surface area contributed by atoms with E-state index < -0.39 is 68.2 Å². The summed E-state index contributed by atoms with van der Waals surface area (Å²) in [5, 5.41) is 6.51. The maximum Gasteiger partial charge on any atom is 0.416 e. The molecule has 0 aromatic heterocycles. The summed E-state index contributed by atoms with van der Waals surface area (Å²) < 4.78 is 154. The first-order chi connectivity index (χ1) is 54.5. The second-order valence-corrected chi connectivity index (χ2v) is 33.8. The number of nitrogens with zero attached hydrogens (tertiary/aromatic N) is 4. The van der Waals surface area contributed by atoms with Gasteiger partial charge in [0.1, 0.15) is 0 Å². The number of urea groups is 2. The van der Waals surface area contributed by atoms with Gasteiger partial charge >= 0.3 is 24.4 Å². The molecule has 4 heterocycles. The number of ether oxygens (including phenoxy) is 8. The SMILES string of the molecule is COc1cc(COC[C@](CCCN2CCC3(CC2)c2ccccc2CS3=O)(c2ccc(Cl)c(Cl)c2)N(C)C(=O)Nc2cccc(C(F)(F)F)c2)cc(OC)c1OC.COc1cc(COC[C@](CCCN2CCC3(CC2)c2ccccc2CS3=O)(c2ccc(Cl)c(Cl)c2)N(C)C(=O)Nc2cccc(C(F)(F)F)c2)cc(OC)c1OC.Cl.Cl.S.S.S.S. The Hall–Kier alpha value is -6.04. The molecule has 0 bridgehead atoms. The number of carbonyl (C=O) groups excluding carboxylic acids is 2. The Balaban J connectivity index is 0.000000407. The number of nitrogens with one attached hydrogen (secondary N) is 2. The fraction of sp³-hybridized carbons (Fsp3) is 0.405. The van der Waals surface area contributed by atoms with Crippen LogP contribution in [0, 0.1) is 0 Å². The molecule has 12 rings (SSSR count). The number of anilines is 2. The number of carbonyl (C=O) groups is 2. The normalized spacial score (nSPS) is 16.6. The van der Waals surface area contributed by atoms with Gasteiger partial charge in [-0.3, -0.25) is 8.42 Å². The molecular weight excluding hydrogens is 1800 g/mol. The minimum absolute atomic E-state index is 0. The van der Waals surface area contributed by atoms with E-state index in [1.54, 1.807) is 74.8 Å². The molecule has 8 aromatic carbocycles. The van der Waals surface area contributed by atoms with Crippen molar-refractivity contribution < 1.29 is 82.2 Å². The van der Waals surface area contributed by atoms with Crippen LogP contribution >= 0.6 is 125 Å². The zero-order valence-corrected chi connectivity index (χ0v) is 77.5. The number of fused-ring (bicyclic) bond motifs is 4. The van der Waals surface area contributed by atoms with Crippen LogP contribution in [0.3, 0.4) is 0 Å². The number of hydrogen-bond acceptors (Lipinski definition) is 14. The molecule has 4 aliphatic rings. The number of halogens is 12. The molecule has 2 fully saturated rings. The van der Waals surface area contributed by atoms with Gasteiger partial charge in [0.05, 0.1) is 121 Å². The van der Waals surface area contributed by atoms with Gasteiger partial charge in [-0.05, 0) is 220 Å². The number of amides is 4. The molecule has 2 saturated heterocycles. The molecule has 4 aliphatic heterocycles. The lowest BCUT2D eigenvalue weighted by atomic mass is 9.83. The van der Waals surface area contributed by atoms with Crippen molar-refractivity contribution in [1.29, 1.82) is 0 Å². The summed E-state index contributed by atoms with van der Waals surface area (Å²) >= 11 is 26.0. The molecule has 4 atom stereocenters. The Morgan fingerprint density at radius 3 is 1.08 bits per heavy atom. The molecule has 2 unspecified atom stereocenters. The smallest absolute Gasteiger partial charge is 0.416 e. The quantitative estimate of drug-likeness (QED) is 0.0442. The fourth-order valence-electron chi connectivity index (χ4n) is 16.0. The molecule has 0 radical (unpaired) electrons. The van der Waals surface area contributed by atoms with Gasteiger partial charge in [0.2, 0.25) is 11.5 Å². The summed E-state index contributed by atoms with van der Waals surface area (Å²) in [6, 6.07) is 41.4.